The van der Waals surface area contributed by atoms with Gasteiger partial charge in [-0.3, -0.25) is 0 Å². The quantitative estimate of drug-likeness (QED) is 0.178. The Kier molecular flexibility index (Phi) is 6.97. The smallest absolute Gasteiger partial charge is 0.167 e. The maximum Gasteiger partial charge on any atom is 0.167 e. The number of aromatic nitrogens is 4. The van der Waals surface area contributed by atoms with Gasteiger partial charge in [0, 0.05) is 43.9 Å². The van der Waals surface area contributed by atoms with Crippen LogP contribution in [0.3, 0.4) is 0 Å². The van der Waals surface area contributed by atoms with E-state index in [9.17, 15) is 0 Å². The summed E-state index contributed by atoms with van der Waals surface area (Å²) in [4.78, 5) is 15.3. The summed E-state index contributed by atoms with van der Waals surface area (Å²) in [5, 5.41) is 4.55. The third kappa shape index (κ3) is 4.63. The molecule has 0 unspecified atom stereocenters. The first-order chi connectivity index (χ1) is 31.3. The Morgan fingerprint density at radius 3 is 1.67 bits per heavy atom. The number of rotatable bonds is 4. The normalized spacial score (nSPS) is 13.2. The van der Waals surface area contributed by atoms with Crippen molar-refractivity contribution in [3.63, 3.8) is 0 Å². The van der Waals surface area contributed by atoms with Crippen molar-refractivity contribution in [3.05, 3.63) is 229 Å². The minimum atomic E-state index is -0.433. The van der Waals surface area contributed by atoms with Crippen molar-refractivity contribution >= 4 is 43.7 Å². The average Bonchev–Trinajstić information content (AvgIpc) is 4.08. The maximum absolute atomic E-state index is 6.47. The van der Waals surface area contributed by atoms with Gasteiger partial charge < -0.3 is 8.98 Å². The van der Waals surface area contributed by atoms with Crippen molar-refractivity contribution in [2.45, 2.75) is 5.41 Å². The molecule has 2 aliphatic rings. The third-order valence-electron chi connectivity index (χ3n) is 13.5. The van der Waals surface area contributed by atoms with Crippen molar-refractivity contribution in [1.82, 2.24) is 19.5 Å². The van der Waals surface area contributed by atoms with Gasteiger partial charge >= 0.3 is 0 Å². The van der Waals surface area contributed by atoms with Crippen LogP contribution in [0.5, 0.6) is 0 Å². The highest BCUT2D eigenvalue weighted by Crippen LogP contribution is 2.64. The van der Waals surface area contributed by atoms with Crippen molar-refractivity contribution in [2.24, 2.45) is 0 Å². The lowest BCUT2D eigenvalue weighted by atomic mass is 9.70. The Bertz CT molecular complexity index is 3810. The molecule has 0 radical (unpaired) electrons. The maximum atomic E-state index is 6.47. The Morgan fingerprint density at radius 1 is 0.365 bits per heavy atom. The summed E-state index contributed by atoms with van der Waals surface area (Å²) in [6, 6.07) is 73.8. The third-order valence-corrected chi connectivity index (χ3v) is 13.5. The standard InChI is InChI=1S/C58H34N4O/c1-2-15-35(16-3-1)55-59-56(61-57(60-55)45-23-14-22-43-41-20-8-13-28-51(41)63-54(43)45)36-29-31-37(32-30-36)62-50-27-12-7-19-40(50)42-33-34-49-52(53(42)62)44-21-6-11-26-48(44)58(49)46-24-9-4-17-38(46)39-18-5-10-25-47(39)58/h1-34H. The van der Waals surface area contributed by atoms with E-state index in [0.29, 0.717) is 17.5 Å². The molecule has 0 amide bonds. The molecule has 0 saturated carbocycles. The van der Waals surface area contributed by atoms with Crippen LogP contribution in [0, 0.1) is 0 Å². The Balaban J connectivity index is 0.982. The lowest BCUT2D eigenvalue weighted by Crippen LogP contribution is -2.25. The molecule has 0 saturated heterocycles. The molecule has 5 nitrogen and oxygen atoms in total. The lowest BCUT2D eigenvalue weighted by Gasteiger charge is -2.30. The highest BCUT2D eigenvalue weighted by Gasteiger charge is 2.52. The van der Waals surface area contributed by atoms with Gasteiger partial charge in [0.05, 0.1) is 22.0 Å². The van der Waals surface area contributed by atoms with Gasteiger partial charge in [-0.1, -0.05) is 164 Å². The Hall–Kier alpha value is -8.41. The van der Waals surface area contributed by atoms with Crippen LogP contribution in [0.2, 0.25) is 0 Å². The molecule has 12 aromatic rings. The molecule has 0 fully saturated rings. The fourth-order valence-corrected chi connectivity index (χ4v) is 10.9. The van der Waals surface area contributed by atoms with Gasteiger partial charge in [-0.05, 0) is 81.4 Å². The summed E-state index contributed by atoms with van der Waals surface area (Å²) in [6.07, 6.45) is 0. The van der Waals surface area contributed by atoms with Crippen LogP contribution >= 0.6 is 0 Å². The van der Waals surface area contributed by atoms with E-state index in [0.717, 1.165) is 49.8 Å². The van der Waals surface area contributed by atoms with Gasteiger partial charge in [0.15, 0.2) is 17.5 Å². The Labute approximate surface area is 362 Å². The highest BCUT2D eigenvalue weighted by atomic mass is 16.3. The zero-order valence-electron chi connectivity index (χ0n) is 33.8. The SMILES string of the molecule is c1ccc(-c2nc(-c3ccc(-n4c5ccccc5c5ccc6c(c54)-c4ccccc4C64c5ccccc5-c5ccccc54)cc3)nc(-c3cccc4c3oc3ccccc34)n2)cc1. The number of hydrogen-bond acceptors (Lipinski definition) is 4. The summed E-state index contributed by atoms with van der Waals surface area (Å²) in [5.41, 5.74) is 17.7. The number of hydrogen-bond donors (Lipinski definition) is 0. The van der Waals surface area contributed by atoms with E-state index in [-0.39, 0.29) is 0 Å². The molecule has 292 valence electrons. The monoisotopic (exact) mass is 802 g/mol. The molecule has 0 aliphatic heterocycles. The van der Waals surface area contributed by atoms with Gasteiger partial charge in [0.25, 0.3) is 0 Å². The lowest BCUT2D eigenvalue weighted by molar-refractivity contribution is 0.669. The summed E-state index contributed by atoms with van der Waals surface area (Å²) in [6.45, 7) is 0. The molecule has 9 aromatic carbocycles. The molecule has 0 N–H and O–H groups in total. The average molecular weight is 803 g/mol. The van der Waals surface area contributed by atoms with E-state index in [1.165, 1.54) is 60.8 Å². The number of para-hydroxylation sites is 3. The topological polar surface area (TPSA) is 56.7 Å². The minimum absolute atomic E-state index is 0.433. The fraction of sp³-hybridized carbons (Fsp3) is 0.0172. The predicted molar refractivity (Wildman–Crippen MR) is 254 cm³/mol. The zero-order valence-corrected chi connectivity index (χ0v) is 33.8. The van der Waals surface area contributed by atoms with Crippen molar-refractivity contribution in [1.29, 1.82) is 0 Å². The molecule has 0 bridgehead atoms. The molecular weight excluding hydrogens is 769 g/mol. The first kappa shape index (κ1) is 34.3. The molecule has 3 heterocycles. The number of fused-ring (bicyclic) bond motifs is 17. The van der Waals surface area contributed by atoms with Crippen molar-refractivity contribution < 1.29 is 4.42 Å². The van der Waals surface area contributed by atoms with Crippen LogP contribution in [-0.2, 0) is 5.41 Å². The minimum Gasteiger partial charge on any atom is -0.455 e. The van der Waals surface area contributed by atoms with Crippen molar-refractivity contribution in [2.75, 3.05) is 0 Å². The van der Waals surface area contributed by atoms with Crippen LogP contribution in [0.25, 0.3) is 106 Å². The second kappa shape index (κ2) is 12.8. The molecule has 0 atom stereocenters. The van der Waals surface area contributed by atoms with Gasteiger partial charge in [0.2, 0.25) is 0 Å². The summed E-state index contributed by atoms with van der Waals surface area (Å²) < 4.78 is 8.94. The molecule has 5 heteroatoms. The summed E-state index contributed by atoms with van der Waals surface area (Å²) >= 11 is 0. The number of furan rings is 1. The molecule has 1 spiro atoms. The fourth-order valence-electron chi connectivity index (χ4n) is 10.9. The van der Waals surface area contributed by atoms with Crippen LogP contribution in [0.1, 0.15) is 22.3 Å². The first-order valence-electron chi connectivity index (χ1n) is 21.4. The highest BCUT2D eigenvalue weighted by molar-refractivity contribution is 6.17. The zero-order chi connectivity index (χ0) is 41.2. The van der Waals surface area contributed by atoms with E-state index >= 15 is 0 Å². The van der Waals surface area contributed by atoms with Crippen LogP contribution < -0.4 is 0 Å². The Morgan fingerprint density at radius 2 is 0.921 bits per heavy atom. The van der Waals surface area contributed by atoms with Gasteiger partial charge in [-0.15, -0.1) is 0 Å². The van der Waals surface area contributed by atoms with Crippen LogP contribution in [0.4, 0.5) is 0 Å². The molecule has 2 aliphatic carbocycles. The van der Waals surface area contributed by atoms with Crippen LogP contribution in [0.15, 0.2) is 211 Å². The second-order valence-corrected chi connectivity index (χ2v) is 16.6. The summed E-state index contributed by atoms with van der Waals surface area (Å²) in [7, 11) is 0. The van der Waals surface area contributed by atoms with Gasteiger partial charge in [-0.2, -0.15) is 0 Å². The summed E-state index contributed by atoms with van der Waals surface area (Å²) in [5.74, 6) is 1.76. The molecule has 63 heavy (non-hydrogen) atoms. The number of nitrogens with zero attached hydrogens (tertiary/aromatic N) is 4. The molecule has 3 aromatic heterocycles. The van der Waals surface area contributed by atoms with Crippen molar-refractivity contribution in [3.8, 4) is 62.1 Å². The largest absolute Gasteiger partial charge is 0.455 e. The van der Waals surface area contributed by atoms with E-state index in [2.05, 4.69) is 150 Å². The predicted octanol–water partition coefficient (Wildman–Crippen LogP) is 14.2. The van der Waals surface area contributed by atoms with Crippen LogP contribution in [-0.4, -0.2) is 19.5 Å². The first-order valence-corrected chi connectivity index (χ1v) is 21.4. The van der Waals surface area contributed by atoms with E-state index in [4.69, 9.17) is 19.4 Å². The van der Waals surface area contributed by atoms with Gasteiger partial charge in [0.1, 0.15) is 11.2 Å². The van der Waals surface area contributed by atoms with E-state index in [1.807, 2.05) is 60.7 Å². The molecular formula is C58H34N4O. The van der Waals surface area contributed by atoms with E-state index in [1.54, 1.807) is 0 Å². The van der Waals surface area contributed by atoms with Gasteiger partial charge in [-0.25, -0.2) is 15.0 Å². The number of benzene rings is 9. The van der Waals surface area contributed by atoms with E-state index < -0.39 is 5.41 Å². The molecule has 14 rings (SSSR count). The second-order valence-electron chi connectivity index (χ2n) is 16.6.